The van der Waals surface area contributed by atoms with Crippen molar-refractivity contribution in [2.75, 3.05) is 6.54 Å². The Morgan fingerprint density at radius 1 is 1.06 bits per heavy atom. The Balaban J connectivity index is 1.79. The molecule has 1 N–H and O–H groups in total. The van der Waals surface area contributed by atoms with Crippen LogP contribution in [0.2, 0.25) is 0 Å². The molecular weight excluding hydrogens is 510 g/mol. The molecule has 0 spiro atoms. The standard InChI is InChI=1S/C23H26BrN3O5S/c1-15(2)25-22(29)16(3)26(14-17-8-10-18(24)11-9-17)21(28)12-13-27-23(30)19-6-4-5-7-20(19)33(27,31)32/h4-11,15-16H,12-14H2,1-3H3,(H,25,29). The first-order valence-electron chi connectivity index (χ1n) is 10.5. The molecule has 1 unspecified atom stereocenters. The Bertz CT molecular complexity index is 1160. The van der Waals surface area contributed by atoms with Crippen LogP contribution in [-0.2, 0) is 26.2 Å². The molecule has 3 amide bonds. The summed E-state index contributed by atoms with van der Waals surface area (Å²) in [5.41, 5.74) is 0.911. The fourth-order valence-corrected chi connectivity index (χ4v) is 5.40. The zero-order valence-corrected chi connectivity index (χ0v) is 21.0. The summed E-state index contributed by atoms with van der Waals surface area (Å²) in [6.07, 6.45) is -0.241. The third kappa shape index (κ3) is 5.44. The highest BCUT2D eigenvalue weighted by molar-refractivity contribution is 9.10. The molecule has 3 rings (SSSR count). The van der Waals surface area contributed by atoms with Crippen molar-refractivity contribution in [1.82, 2.24) is 14.5 Å². The van der Waals surface area contributed by atoms with E-state index in [9.17, 15) is 22.8 Å². The zero-order valence-electron chi connectivity index (χ0n) is 18.6. The van der Waals surface area contributed by atoms with Crippen LogP contribution in [0.25, 0.3) is 0 Å². The summed E-state index contributed by atoms with van der Waals surface area (Å²) in [7, 11) is -4.00. The quantitative estimate of drug-likeness (QED) is 0.559. The van der Waals surface area contributed by atoms with Gasteiger partial charge in [0.05, 0.1) is 5.56 Å². The molecule has 2 aromatic rings. The van der Waals surface area contributed by atoms with Gasteiger partial charge in [0, 0.05) is 30.0 Å². The van der Waals surface area contributed by atoms with E-state index >= 15 is 0 Å². The van der Waals surface area contributed by atoms with Crippen LogP contribution in [-0.4, -0.2) is 54.0 Å². The number of carbonyl (C=O) groups excluding carboxylic acids is 3. The van der Waals surface area contributed by atoms with Crippen LogP contribution >= 0.6 is 15.9 Å². The average Bonchev–Trinajstić information content (AvgIpc) is 2.96. The Morgan fingerprint density at radius 2 is 1.70 bits per heavy atom. The van der Waals surface area contributed by atoms with Gasteiger partial charge in [-0.05, 0) is 50.6 Å². The highest BCUT2D eigenvalue weighted by atomic mass is 79.9. The van der Waals surface area contributed by atoms with Crippen molar-refractivity contribution >= 4 is 43.7 Å². The van der Waals surface area contributed by atoms with Crippen molar-refractivity contribution < 1.29 is 22.8 Å². The second-order valence-electron chi connectivity index (χ2n) is 8.12. The van der Waals surface area contributed by atoms with Gasteiger partial charge in [-0.1, -0.05) is 40.2 Å². The van der Waals surface area contributed by atoms with E-state index in [2.05, 4.69) is 21.2 Å². The molecule has 1 aliphatic heterocycles. The largest absolute Gasteiger partial charge is 0.352 e. The summed E-state index contributed by atoms with van der Waals surface area (Å²) < 4.78 is 27.2. The third-order valence-corrected chi connectivity index (χ3v) is 7.67. The van der Waals surface area contributed by atoms with E-state index in [1.807, 2.05) is 38.1 Å². The van der Waals surface area contributed by atoms with Crippen LogP contribution in [0.5, 0.6) is 0 Å². The van der Waals surface area contributed by atoms with Crippen LogP contribution in [0.15, 0.2) is 57.9 Å². The van der Waals surface area contributed by atoms with Crippen LogP contribution in [0.1, 0.15) is 43.1 Å². The molecule has 0 radical (unpaired) electrons. The maximum absolute atomic E-state index is 13.2. The smallest absolute Gasteiger partial charge is 0.269 e. The molecule has 0 aliphatic carbocycles. The van der Waals surface area contributed by atoms with Gasteiger partial charge >= 0.3 is 0 Å². The van der Waals surface area contributed by atoms with Crippen LogP contribution in [0.3, 0.4) is 0 Å². The molecule has 10 heteroatoms. The topological polar surface area (TPSA) is 104 Å². The number of nitrogens with zero attached hydrogens (tertiary/aromatic N) is 2. The molecule has 0 saturated heterocycles. The Morgan fingerprint density at radius 3 is 2.30 bits per heavy atom. The van der Waals surface area contributed by atoms with Crippen molar-refractivity contribution in [3.8, 4) is 0 Å². The zero-order chi connectivity index (χ0) is 24.3. The van der Waals surface area contributed by atoms with E-state index in [0.29, 0.717) is 0 Å². The van der Waals surface area contributed by atoms with E-state index in [1.54, 1.807) is 19.1 Å². The van der Waals surface area contributed by atoms with Gasteiger partial charge in [-0.15, -0.1) is 0 Å². The molecule has 0 saturated carbocycles. The van der Waals surface area contributed by atoms with Gasteiger partial charge in [-0.3, -0.25) is 14.4 Å². The maximum atomic E-state index is 13.2. The van der Waals surface area contributed by atoms with Gasteiger partial charge in [0.25, 0.3) is 15.9 Å². The number of hydrogen-bond acceptors (Lipinski definition) is 5. The average molecular weight is 536 g/mol. The van der Waals surface area contributed by atoms with E-state index in [4.69, 9.17) is 0 Å². The van der Waals surface area contributed by atoms with Crippen LogP contribution in [0, 0.1) is 0 Å². The fourth-order valence-electron chi connectivity index (χ4n) is 3.57. The van der Waals surface area contributed by atoms with Crippen molar-refractivity contribution in [2.45, 2.75) is 50.7 Å². The normalized spacial score (nSPS) is 15.3. The molecular formula is C23H26BrN3O5S. The van der Waals surface area contributed by atoms with Gasteiger partial charge in [0.15, 0.2) is 0 Å². The Kier molecular flexibility index (Phi) is 7.58. The van der Waals surface area contributed by atoms with Crippen molar-refractivity contribution in [1.29, 1.82) is 0 Å². The molecule has 1 atom stereocenters. The summed E-state index contributed by atoms with van der Waals surface area (Å²) in [4.78, 5) is 39.8. The monoisotopic (exact) mass is 535 g/mol. The molecule has 0 aromatic heterocycles. The number of hydrogen-bond donors (Lipinski definition) is 1. The van der Waals surface area contributed by atoms with Gasteiger partial charge in [0.1, 0.15) is 10.9 Å². The number of amides is 3. The first-order chi connectivity index (χ1) is 15.5. The molecule has 0 bridgehead atoms. The van der Waals surface area contributed by atoms with E-state index in [-0.39, 0.29) is 41.9 Å². The second-order valence-corrected chi connectivity index (χ2v) is 10.9. The predicted octanol–water partition coefficient (Wildman–Crippen LogP) is 2.93. The molecule has 1 aliphatic rings. The summed E-state index contributed by atoms with van der Waals surface area (Å²) in [6, 6.07) is 12.4. The van der Waals surface area contributed by atoms with Crippen LogP contribution in [0.4, 0.5) is 0 Å². The lowest BCUT2D eigenvalue weighted by molar-refractivity contribution is -0.140. The Hall–Kier alpha value is -2.72. The molecule has 8 nitrogen and oxygen atoms in total. The number of sulfonamides is 1. The van der Waals surface area contributed by atoms with Crippen LogP contribution < -0.4 is 5.32 Å². The van der Waals surface area contributed by atoms with Gasteiger partial charge in [-0.25, -0.2) is 12.7 Å². The number of halogens is 1. The molecule has 33 heavy (non-hydrogen) atoms. The second kappa shape index (κ2) is 10.0. The summed E-state index contributed by atoms with van der Waals surface area (Å²) in [5, 5.41) is 2.80. The number of rotatable bonds is 8. The molecule has 1 heterocycles. The lowest BCUT2D eigenvalue weighted by atomic mass is 10.1. The lowest BCUT2D eigenvalue weighted by Crippen LogP contribution is -2.49. The number of fused-ring (bicyclic) bond motifs is 1. The van der Waals surface area contributed by atoms with Crippen molar-refractivity contribution in [2.24, 2.45) is 0 Å². The van der Waals surface area contributed by atoms with Crippen molar-refractivity contribution in [3.63, 3.8) is 0 Å². The molecule has 2 aromatic carbocycles. The maximum Gasteiger partial charge on any atom is 0.269 e. The van der Waals surface area contributed by atoms with E-state index in [0.717, 1.165) is 14.3 Å². The summed E-state index contributed by atoms with van der Waals surface area (Å²) >= 11 is 3.37. The predicted molar refractivity (Wildman–Crippen MR) is 127 cm³/mol. The first kappa shape index (κ1) is 24.9. The first-order valence-corrected chi connectivity index (χ1v) is 12.8. The number of nitrogens with one attached hydrogen (secondary N) is 1. The minimum absolute atomic E-state index is 0.0566. The SMILES string of the molecule is CC(C)NC(=O)C(C)N(Cc1ccc(Br)cc1)C(=O)CCN1C(=O)c2ccccc2S1(=O)=O. The van der Waals surface area contributed by atoms with E-state index in [1.165, 1.54) is 17.0 Å². The number of benzene rings is 2. The van der Waals surface area contributed by atoms with Gasteiger partial charge in [0.2, 0.25) is 11.8 Å². The highest BCUT2D eigenvalue weighted by Gasteiger charge is 2.41. The third-order valence-electron chi connectivity index (χ3n) is 5.31. The van der Waals surface area contributed by atoms with E-state index < -0.39 is 27.9 Å². The Labute approximate surface area is 202 Å². The van der Waals surface area contributed by atoms with Crippen molar-refractivity contribution in [3.05, 3.63) is 64.1 Å². The summed E-state index contributed by atoms with van der Waals surface area (Å²) in [5.74, 6) is -1.39. The van der Waals surface area contributed by atoms with Gasteiger partial charge in [-0.2, -0.15) is 0 Å². The fraction of sp³-hybridized carbons (Fsp3) is 0.348. The minimum atomic E-state index is -4.00. The highest BCUT2D eigenvalue weighted by Crippen LogP contribution is 2.30. The summed E-state index contributed by atoms with van der Waals surface area (Å²) in [6.45, 7) is 5.14. The lowest BCUT2D eigenvalue weighted by Gasteiger charge is -2.30. The van der Waals surface area contributed by atoms with Gasteiger partial charge < -0.3 is 10.2 Å². The molecule has 176 valence electrons. The minimum Gasteiger partial charge on any atom is -0.352 e. The number of carbonyl (C=O) groups is 3. The molecule has 0 fully saturated rings.